The fraction of sp³-hybridized carbons (Fsp3) is 0.0909. The highest BCUT2D eigenvalue weighted by atomic mass is 15.0. The van der Waals surface area contributed by atoms with Gasteiger partial charge in [-0.05, 0) is 151 Å². The number of benzene rings is 10. The van der Waals surface area contributed by atoms with Crippen LogP contribution in [0.25, 0.3) is 111 Å². The molecule has 0 radical (unpaired) electrons. The molecule has 0 bridgehead atoms. The topological polar surface area (TPSA) is 9.86 Å². The van der Waals surface area contributed by atoms with Gasteiger partial charge in [0.2, 0.25) is 0 Å². The van der Waals surface area contributed by atoms with Crippen molar-refractivity contribution in [2.75, 3.05) is 0 Å². The number of hydrogen-bond acceptors (Lipinski definition) is 0. The maximum Gasteiger partial charge on any atom is 0.0541 e. The van der Waals surface area contributed by atoms with Gasteiger partial charge in [-0.15, -0.1) is 0 Å². The molecule has 68 heavy (non-hydrogen) atoms. The lowest BCUT2D eigenvalue weighted by atomic mass is 9.81. The molecule has 322 valence electrons. The van der Waals surface area contributed by atoms with E-state index in [1.165, 1.54) is 122 Å². The van der Waals surface area contributed by atoms with Crippen molar-refractivity contribution in [1.29, 1.82) is 0 Å². The zero-order chi connectivity index (χ0) is 45.5. The van der Waals surface area contributed by atoms with E-state index < -0.39 is 0 Å². The molecule has 2 aliphatic carbocycles. The van der Waals surface area contributed by atoms with Gasteiger partial charge in [0.15, 0.2) is 0 Å². The van der Waals surface area contributed by atoms with Crippen molar-refractivity contribution in [3.8, 4) is 67.0 Å². The first kappa shape index (κ1) is 39.0. The second-order valence-electron chi connectivity index (χ2n) is 20.1. The van der Waals surface area contributed by atoms with Gasteiger partial charge in [0.1, 0.15) is 0 Å². The van der Waals surface area contributed by atoms with Crippen LogP contribution in [0.5, 0.6) is 0 Å². The molecule has 10 aromatic carbocycles. The van der Waals surface area contributed by atoms with E-state index in [-0.39, 0.29) is 10.8 Å². The molecule has 2 heteroatoms. The van der Waals surface area contributed by atoms with Crippen LogP contribution in [0.3, 0.4) is 0 Å². The third-order valence-electron chi connectivity index (χ3n) is 15.8. The molecule has 12 aromatic rings. The number of fused-ring (bicyclic) bond motifs is 12. The van der Waals surface area contributed by atoms with Crippen molar-refractivity contribution in [3.63, 3.8) is 0 Å². The van der Waals surface area contributed by atoms with Crippen molar-refractivity contribution in [2.45, 2.75) is 38.5 Å². The first-order valence-corrected chi connectivity index (χ1v) is 24.0. The standard InChI is InChI=1S/C66H48N2/c1-65(2)57-17-9-5-13-49(57)51-33-25-45(39-59(51)65)41-21-29-47(30-22-41)67-61-19-11-7-15-53(61)55-37-43(27-35-63(55)67)44-28-36-64-56(38-44)54-16-8-12-20-62(54)68(64)48-31-23-42(24-32-48)46-26-34-52-50-14-6-10-18-58(50)66(3,4)60(52)40-46/h5-40H,1-4H3. The second kappa shape index (κ2) is 14.2. The average molecular weight is 869 g/mol. The molecule has 0 unspecified atom stereocenters. The predicted octanol–water partition coefficient (Wildman–Crippen LogP) is 17.5. The maximum absolute atomic E-state index is 2.42. The zero-order valence-electron chi connectivity index (χ0n) is 38.7. The molecule has 0 spiro atoms. The van der Waals surface area contributed by atoms with Gasteiger partial charge >= 0.3 is 0 Å². The summed E-state index contributed by atoms with van der Waals surface area (Å²) in [5.41, 5.74) is 25.5. The summed E-state index contributed by atoms with van der Waals surface area (Å²) in [5.74, 6) is 0. The van der Waals surface area contributed by atoms with Crippen molar-refractivity contribution < 1.29 is 0 Å². The summed E-state index contributed by atoms with van der Waals surface area (Å²) in [5, 5.41) is 5.01. The van der Waals surface area contributed by atoms with Gasteiger partial charge in [-0.2, -0.15) is 0 Å². The van der Waals surface area contributed by atoms with E-state index >= 15 is 0 Å². The smallest absolute Gasteiger partial charge is 0.0541 e. The molecule has 2 aliphatic rings. The van der Waals surface area contributed by atoms with Crippen LogP contribution in [0.1, 0.15) is 49.9 Å². The van der Waals surface area contributed by atoms with Crippen LogP contribution in [0.2, 0.25) is 0 Å². The van der Waals surface area contributed by atoms with Crippen molar-refractivity contribution in [2.24, 2.45) is 0 Å². The molecule has 0 saturated carbocycles. The molecule has 2 heterocycles. The largest absolute Gasteiger partial charge is 0.309 e. The van der Waals surface area contributed by atoms with Crippen LogP contribution in [-0.4, -0.2) is 9.13 Å². The molecular weight excluding hydrogens is 821 g/mol. The Balaban J connectivity index is 0.805. The Morgan fingerprint density at radius 3 is 1.01 bits per heavy atom. The average Bonchev–Trinajstić information content (AvgIpc) is 4.04. The van der Waals surface area contributed by atoms with Gasteiger partial charge in [0.05, 0.1) is 22.1 Å². The number of rotatable bonds is 5. The summed E-state index contributed by atoms with van der Waals surface area (Å²) in [6.07, 6.45) is 0. The lowest BCUT2D eigenvalue weighted by Gasteiger charge is -2.22. The highest BCUT2D eigenvalue weighted by molar-refractivity contribution is 6.13. The molecule has 2 nitrogen and oxygen atoms in total. The minimum atomic E-state index is -0.0294. The second-order valence-corrected chi connectivity index (χ2v) is 20.1. The first-order chi connectivity index (χ1) is 33.2. The zero-order valence-corrected chi connectivity index (χ0v) is 38.7. The highest BCUT2D eigenvalue weighted by Gasteiger charge is 2.36. The SMILES string of the molecule is CC1(C)c2ccccc2-c2ccc(-c3ccc(-n4c5ccccc5c5cc(-c6ccc7c(c6)c6ccccc6n7-c6ccc(-c7ccc8c(c7)C(C)(C)c7ccccc7-8)cc6)ccc54)cc3)cc21. The van der Waals surface area contributed by atoms with Gasteiger partial charge in [0.25, 0.3) is 0 Å². The molecule has 14 rings (SSSR count). The Hall–Kier alpha value is -8.20. The van der Waals surface area contributed by atoms with Gasteiger partial charge in [-0.1, -0.05) is 173 Å². The van der Waals surface area contributed by atoms with Crippen molar-refractivity contribution in [1.82, 2.24) is 9.13 Å². The molecule has 0 saturated heterocycles. The minimum absolute atomic E-state index is 0.0294. The van der Waals surface area contributed by atoms with Crippen LogP contribution in [0, 0.1) is 0 Å². The summed E-state index contributed by atoms with van der Waals surface area (Å²) in [4.78, 5) is 0. The third-order valence-corrected chi connectivity index (χ3v) is 15.8. The van der Waals surface area contributed by atoms with Gasteiger partial charge in [-0.3, -0.25) is 0 Å². The molecule has 0 fully saturated rings. The van der Waals surface area contributed by atoms with Crippen LogP contribution in [0.4, 0.5) is 0 Å². The minimum Gasteiger partial charge on any atom is -0.309 e. The Bertz CT molecular complexity index is 3790. The van der Waals surface area contributed by atoms with E-state index in [4.69, 9.17) is 0 Å². The number of hydrogen-bond donors (Lipinski definition) is 0. The van der Waals surface area contributed by atoms with Gasteiger partial charge in [-0.25, -0.2) is 0 Å². The van der Waals surface area contributed by atoms with Crippen LogP contribution in [0.15, 0.2) is 218 Å². The Labute approximate surface area is 397 Å². The summed E-state index contributed by atoms with van der Waals surface area (Å²) in [7, 11) is 0. The van der Waals surface area contributed by atoms with E-state index in [0.717, 1.165) is 11.4 Å². The molecule has 0 aliphatic heterocycles. The highest BCUT2D eigenvalue weighted by Crippen LogP contribution is 2.51. The summed E-state index contributed by atoms with van der Waals surface area (Å²) >= 11 is 0. The van der Waals surface area contributed by atoms with Crippen LogP contribution in [-0.2, 0) is 10.8 Å². The molecular formula is C66H48N2. The predicted molar refractivity (Wildman–Crippen MR) is 287 cm³/mol. The Morgan fingerprint density at radius 2 is 0.574 bits per heavy atom. The van der Waals surface area contributed by atoms with Crippen molar-refractivity contribution >= 4 is 43.6 Å². The normalized spacial score (nSPS) is 14.1. The van der Waals surface area contributed by atoms with Crippen LogP contribution >= 0.6 is 0 Å². The molecule has 0 amide bonds. The summed E-state index contributed by atoms with van der Waals surface area (Å²) < 4.78 is 4.85. The number of aromatic nitrogens is 2. The molecule has 0 atom stereocenters. The Kier molecular flexibility index (Phi) is 8.12. The van der Waals surface area contributed by atoms with E-state index in [0.29, 0.717) is 0 Å². The monoisotopic (exact) mass is 868 g/mol. The lowest BCUT2D eigenvalue weighted by Crippen LogP contribution is -2.14. The van der Waals surface area contributed by atoms with E-state index in [1.807, 2.05) is 0 Å². The summed E-state index contributed by atoms with van der Waals surface area (Å²) in [6.45, 7) is 9.41. The number of para-hydroxylation sites is 2. The Morgan fingerprint density at radius 1 is 0.250 bits per heavy atom. The van der Waals surface area contributed by atoms with Crippen molar-refractivity contribution in [3.05, 3.63) is 241 Å². The van der Waals surface area contributed by atoms with Crippen LogP contribution < -0.4 is 0 Å². The molecule has 0 N–H and O–H groups in total. The first-order valence-electron chi connectivity index (χ1n) is 24.0. The third kappa shape index (κ3) is 5.52. The van der Waals surface area contributed by atoms with Gasteiger partial charge in [0, 0.05) is 43.7 Å². The van der Waals surface area contributed by atoms with Gasteiger partial charge < -0.3 is 9.13 Å². The number of nitrogens with zero attached hydrogens (tertiary/aromatic N) is 2. The van der Waals surface area contributed by atoms with E-state index in [9.17, 15) is 0 Å². The molecule has 2 aromatic heterocycles. The van der Waals surface area contributed by atoms with E-state index in [1.54, 1.807) is 0 Å². The summed E-state index contributed by atoms with van der Waals surface area (Å²) in [6, 6.07) is 81.7. The van der Waals surface area contributed by atoms with E-state index in [2.05, 4.69) is 255 Å². The lowest BCUT2D eigenvalue weighted by molar-refractivity contribution is 0.660. The fourth-order valence-corrected chi connectivity index (χ4v) is 12.2. The quantitative estimate of drug-likeness (QED) is 0.163. The maximum atomic E-state index is 2.42. The fourth-order valence-electron chi connectivity index (χ4n) is 12.2.